The summed E-state index contributed by atoms with van der Waals surface area (Å²) < 4.78 is 2.15. The third-order valence-electron chi connectivity index (χ3n) is 3.37. The fraction of sp³-hybridized carbons (Fsp3) is 0.692. The second-order valence-corrected chi connectivity index (χ2v) is 5.40. The molecule has 0 bridgehead atoms. The van der Waals surface area contributed by atoms with E-state index in [0.717, 1.165) is 31.6 Å². The molecule has 1 aromatic heterocycles. The molecule has 1 aliphatic carbocycles. The first-order valence-corrected chi connectivity index (χ1v) is 6.61. The fourth-order valence-corrected chi connectivity index (χ4v) is 2.00. The largest absolute Gasteiger partial charge is 0.354 e. The molecule has 1 saturated carbocycles. The van der Waals surface area contributed by atoms with Gasteiger partial charge in [-0.05, 0) is 19.3 Å². The van der Waals surface area contributed by atoms with Crippen molar-refractivity contribution in [3.8, 4) is 0 Å². The molecule has 2 rings (SSSR count). The third kappa shape index (κ3) is 2.90. The number of hydrogen-bond donors (Lipinski definition) is 2. The van der Waals surface area contributed by atoms with E-state index >= 15 is 0 Å². The van der Waals surface area contributed by atoms with E-state index in [4.69, 9.17) is 5.73 Å². The summed E-state index contributed by atoms with van der Waals surface area (Å²) >= 11 is 0. The van der Waals surface area contributed by atoms with Crippen molar-refractivity contribution in [3.63, 3.8) is 0 Å². The summed E-state index contributed by atoms with van der Waals surface area (Å²) in [6.45, 7) is 5.82. The van der Waals surface area contributed by atoms with Gasteiger partial charge < -0.3 is 15.6 Å². The number of aromatic nitrogens is 2. The molecule has 1 aromatic rings. The van der Waals surface area contributed by atoms with Gasteiger partial charge in [0.1, 0.15) is 5.82 Å². The van der Waals surface area contributed by atoms with Gasteiger partial charge in [0.2, 0.25) is 5.91 Å². The van der Waals surface area contributed by atoms with Gasteiger partial charge in [0.05, 0.1) is 5.54 Å². The molecule has 18 heavy (non-hydrogen) atoms. The van der Waals surface area contributed by atoms with Crippen molar-refractivity contribution in [2.75, 3.05) is 6.54 Å². The lowest BCUT2D eigenvalue weighted by Gasteiger charge is -2.12. The van der Waals surface area contributed by atoms with Crippen LogP contribution in [0.5, 0.6) is 0 Å². The first-order chi connectivity index (χ1) is 8.53. The van der Waals surface area contributed by atoms with Crippen LogP contribution in [0.4, 0.5) is 0 Å². The molecule has 0 aromatic carbocycles. The fourth-order valence-electron chi connectivity index (χ4n) is 2.00. The number of hydrogen-bond acceptors (Lipinski definition) is 3. The molecule has 5 nitrogen and oxygen atoms in total. The molecule has 1 fully saturated rings. The molecule has 1 heterocycles. The maximum absolute atomic E-state index is 11.6. The van der Waals surface area contributed by atoms with Crippen LogP contribution in [0.15, 0.2) is 12.4 Å². The standard InChI is InChI=1S/C13H22N4O/c1-10(2)11-15-7-9-17(11)8-3-6-16-12(18)13(14)4-5-13/h7,9-10H,3-6,8,14H2,1-2H3,(H,16,18). The van der Waals surface area contributed by atoms with Crippen LogP contribution in [0.25, 0.3) is 0 Å². The highest BCUT2D eigenvalue weighted by atomic mass is 16.2. The molecular weight excluding hydrogens is 228 g/mol. The van der Waals surface area contributed by atoms with Crippen LogP contribution in [0.1, 0.15) is 44.9 Å². The number of nitrogens with two attached hydrogens (primary N) is 1. The normalized spacial score (nSPS) is 16.9. The average molecular weight is 250 g/mol. The lowest BCUT2D eigenvalue weighted by atomic mass is 10.2. The number of aryl methyl sites for hydroxylation is 1. The molecule has 100 valence electrons. The van der Waals surface area contributed by atoms with E-state index in [9.17, 15) is 4.79 Å². The highest BCUT2D eigenvalue weighted by Crippen LogP contribution is 2.31. The Labute approximate surface area is 108 Å². The van der Waals surface area contributed by atoms with Gasteiger partial charge >= 0.3 is 0 Å². The van der Waals surface area contributed by atoms with Gasteiger partial charge in [0.15, 0.2) is 0 Å². The summed E-state index contributed by atoms with van der Waals surface area (Å²) in [7, 11) is 0. The Kier molecular flexibility index (Phi) is 3.71. The van der Waals surface area contributed by atoms with Crippen LogP contribution in [0.3, 0.4) is 0 Å². The lowest BCUT2D eigenvalue weighted by Crippen LogP contribution is -2.43. The number of nitrogens with one attached hydrogen (secondary N) is 1. The highest BCUT2D eigenvalue weighted by Gasteiger charge is 2.45. The molecule has 1 aliphatic rings. The zero-order chi connectivity index (χ0) is 13.2. The van der Waals surface area contributed by atoms with Crippen LogP contribution in [-0.2, 0) is 11.3 Å². The van der Waals surface area contributed by atoms with Crippen molar-refractivity contribution in [1.82, 2.24) is 14.9 Å². The van der Waals surface area contributed by atoms with E-state index in [1.807, 2.05) is 12.4 Å². The van der Waals surface area contributed by atoms with Crippen LogP contribution >= 0.6 is 0 Å². The summed E-state index contributed by atoms with van der Waals surface area (Å²) in [6, 6.07) is 0. The topological polar surface area (TPSA) is 72.9 Å². The number of rotatable bonds is 6. The minimum atomic E-state index is -0.557. The molecule has 0 saturated heterocycles. The second-order valence-electron chi connectivity index (χ2n) is 5.40. The van der Waals surface area contributed by atoms with Crippen molar-refractivity contribution < 1.29 is 4.79 Å². The number of imidazole rings is 1. The molecular formula is C13H22N4O. The Hall–Kier alpha value is -1.36. The van der Waals surface area contributed by atoms with Crippen LogP contribution in [0, 0.1) is 0 Å². The summed E-state index contributed by atoms with van der Waals surface area (Å²) in [4.78, 5) is 15.9. The first-order valence-electron chi connectivity index (χ1n) is 6.61. The lowest BCUT2D eigenvalue weighted by molar-refractivity contribution is -0.123. The van der Waals surface area contributed by atoms with Gasteiger partial charge in [-0.15, -0.1) is 0 Å². The zero-order valence-corrected chi connectivity index (χ0v) is 11.1. The summed E-state index contributed by atoms with van der Waals surface area (Å²) in [6.07, 6.45) is 6.35. The summed E-state index contributed by atoms with van der Waals surface area (Å²) in [5, 5.41) is 2.90. The predicted octanol–water partition coefficient (Wildman–Crippen LogP) is 1.00. The van der Waals surface area contributed by atoms with Crippen molar-refractivity contribution in [1.29, 1.82) is 0 Å². The predicted molar refractivity (Wildman–Crippen MR) is 70.1 cm³/mol. The minimum Gasteiger partial charge on any atom is -0.354 e. The monoisotopic (exact) mass is 250 g/mol. The van der Waals surface area contributed by atoms with Crippen molar-refractivity contribution >= 4 is 5.91 Å². The Morgan fingerprint density at radius 3 is 2.94 bits per heavy atom. The second kappa shape index (κ2) is 5.10. The van der Waals surface area contributed by atoms with Gasteiger partial charge in [-0.2, -0.15) is 0 Å². The Morgan fingerprint density at radius 2 is 2.33 bits per heavy atom. The maximum Gasteiger partial charge on any atom is 0.240 e. The minimum absolute atomic E-state index is 0.00258. The maximum atomic E-state index is 11.6. The number of amides is 1. The molecule has 0 radical (unpaired) electrons. The van der Waals surface area contributed by atoms with Crippen LogP contribution in [0.2, 0.25) is 0 Å². The van der Waals surface area contributed by atoms with Gasteiger partial charge in [0, 0.05) is 31.4 Å². The van der Waals surface area contributed by atoms with E-state index < -0.39 is 5.54 Å². The number of carbonyl (C=O) groups is 1. The molecule has 5 heteroatoms. The van der Waals surface area contributed by atoms with Gasteiger partial charge in [-0.1, -0.05) is 13.8 Å². The SMILES string of the molecule is CC(C)c1nccn1CCCNC(=O)C1(N)CC1. The van der Waals surface area contributed by atoms with Crippen molar-refractivity contribution in [2.45, 2.75) is 51.1 Å². The highest BCUT2D eigenvalue weighted by molar-refractivity contribution is 5.88. The Balaban J connectivity index is 1.72. The quantitative estimate of drug-likeness (QED) is 0.740. The van der Waals surface area contributed by atoms with E-state index in [0.29, 0.717) is 12.5 Å². The van der Waals surface area contributed by atoms with Gasteiger partial charge in [-0.25, -0.2) is 4.98 Å². The smallest absolute Gasteiger partial charge is 0.240 e. The summed E-state index contributed by atoms with van der Waals surface area (Å²) in [5.41, 5.74) is 5.25. The number of carbonyl (C=O) groups excluding carboxylic acids is 1. The molecule has 0 atom stereocenters. The molecule has 0 aliphatic heterocycles. The first kappa shape index (κ1) is 13.1. The van der Waals surface area contributed by atoms with Crippen molar-refractivity contribution in [2.24, 2.45) is 5.73 Å². The molecule has 1 amide bonds. The van der Waals surface area contributed by atoms with E-state index in [2.05, 4.69) is 28.7 Å². The average Bonchev–Trinajstić information content (AvgIpc) is 2.92. The molecule has 0 spiro atoms. The number of nitrogens with zero attached hydrogens (tertiary/aromatic N) is 2. The Bertz CT molecular complexity index is 420. The van der Waals surface area contributed by atoms with E-state index in [-0.39, 0.29) is 5.91 Å². The van der Waals surface area contributed by atoms with Gasteiger partial charge in [0.25, 0.3) is 0 Å². The van der Waals surface area contributed by atoms with Crippen LogP contribution in [-0.4, -0.2) is 27.5 Å². The zero-order valence-electron chi connectivity index (χ0n) is 11.1. The third-order valence-corrected chi connectivity index (χ3v) is 3.37. The molecule has 0 unspecified atom stereocenters. The summed E-state index contributed by atoms with van der Waals surface area (Å²) in [5.74, 6) is 1.52. The van der Waals surface area contributed by atoms with Crippen molar-refractivity contribution in [3.05, 3.63) is 18.2 Å². The Morgan fingerprint density at radius 1 is 1.61 bits per heavy atom. The van der Waals surface area contributed by atoms with E-state index in [1.54, 1.807) is 0 Å². The van der Waals surface area contributed by atoms with Gasteiger partial charge in [-0.3, -0.25) is 4.79 Å². The van der Waals surface area contributed by atoms with Crippen LogP contribution < -0.4 is 11.1 Å². The van der Waals surface area contributed by atoms with E-state index in [1.165, 1.54) is 0 Å². The molecule has 3 N–H and O–H groups in total.